The van der Waals surface area contributed by atoms with Gasteiger partial charge >= 0.3 is 5.69 Å². The molecular weight excluding hydrogens is 264 g/mol. The molecule has 2 aromatic rings. The van der Waals surface area contributed by atoms with Crippen molar-refractivity contribution >= 4 is 11.7 Å². The van der Waals surface area contributed by atoms with Gasteiger partial charge < -0.3 is 5.11 Å². The quantitative estimate of drug-likeness (QED) is 0.614. The fourth-order valence-corrected chi connectivity index (χ4v) is 2.48. The molecule has 9 nitrogen and oxygen atoms in total. The summed E-state index contributed by atoms with van der Waals surface area (Å²) in [5, 5.41) is 23.8. The monoisotopic (exact) mass is 272 g/mol. The Morgan fingerprint density at radius 3 is 2.90 bits per heavy atom. The minimum atomic E-state index is -1.72. The van der Waals surface area contributed by atoms with Gasteiger partial charge in [0.1, 0.15) is 6.10 Å². The van der Waals surface area contributed by atoms with Gasteiger partial charge in [0, 0.05) is 5.56 Å². The molecule has 2 heterocycles. The Hall–Kier alpha value is -2.81. The first kappa shape index (κ1) is 11.1. The summed E-state index contributed by atoms with van der Waals surface area (Å²) in [5.74, 6) is -0.445. The van der Waals surface area contributed by atoms with Crippen molar-refractivity contribution in [1.29, 1.82) is 0 Å². The third-order valence-corrected chi connectivity index (χ3v) is 3.48. The molecule has 1 aliphatic heterocycles. The molecule has 1 spiro atoms. The lowest BCUT2D eigenvalue weighted by Crippen LogP contribution is -2.52. The zero-order valence-corrected chi connectivity index (χ0v) is 9.94. The maximum atomic E-state index is 12.5. The number of aromatic amines is 1. The van der Waals surface area contributed by atoms with E-state index in [9.17, 15) is 14.7 Å². The number of Topliss-reactive ketones (excluding diaryl/α,β-unsaturated/α-hetero) is 1. The largest absolute Gasteiger partial charge is 0.383 e. The Kier molecular flexibility index (Phi) is 1.87. The number of aromatic nitrogens is 3. The topological polar surface area (TPSA) is 125 Å². The lowest BCUT2D eigenvalue weighted by atomic mass is 10.1. The Bertz CT molecular complexity index is 822. The first-order valence-corrected chi connectivity index (χ1v) is 5.84. The van der Waals surface area contributed by atoms with Crippen LogP contribution in [0.3, 0.4) is 0 Å². The lowest BCUT2D eigenvalue weighted by molar-refractivity contribution is 0.0671. The first-order chi connectivity index (χ1) is 9.63. The number of benzene rings is 1. The molecule has 0 radical (unpaired) electrons. The molecule has 1 aromatic carbocycles. The summed E-state index contributed by atoms with van der Waals surface area (Å²) in [7, 11) is 0. The van der Waals surface area contributed by atoms with Gasteiger partial charge in [0.15, 0.2) is 0 Å². The predicted octanol–water partition coefficient (Wildman–Crippen LogP) is -0.162. The van der Waals surface area contributed by atoms with E-state index in [2.05, 4.69) is 25.9 Å². The molecular formula is C11H8N6O3. The van der Waals surface area contributed by atoms with Crippen LogP contribution in [-0.4, -0.2) is 31.4 Å². The van der Waals surface area contributed by atoms with Gasteiger partial charge in [-0.05, 0) is 5.56 Å². The Morgan fingerprint density at radius 2 is 2.10 bits per heavy atom. The zero-order valence-electron chi connectivity index (χ0n) is 9.94. The Balaban J connectivity index is 1.91. The minimum Gasteiger partial charge on any atom is -0.383 e. The van der Waals surface area contributed by atoms with E-state index in [0.29, 0.717) is 11.1 Å². The molecule has 2 atom stereocenters. The predicted molar refractivity (Wildman–Crippen MR) is 65.2 cm³/mol. The SMILES string of the molecule is O=C1c2ccccc2C(O)C12N=Nc1n[nH]c(=O)n1N2. The fraction of sp³-hybridized carbons (Fsp3) is 0.182. The average molecular weight is 272 g/mol. The van der Waals surface area contributed by atoms with Crippen LogP contribution >= 0.6 is 0 Å². The number of hydrogen-bond donors (Lipinski definition) is 3. The highest BCUT2D eigenvalue weighted by molar-refractivity contribution is 6.09. The minimum absolute atomic E-state index is 0.00317. The molecule has 1 aliphatic carbocycles. The van der Waals surface area contributed by atoms with E-state index >= 15 is 0 Å². The maximum absolute atomic E-state index is 12.5. The van der Waals surface area contributed by atoms with Crippen molar-refractivity contribution in [3.05, 3.63) is 45.9 Å². The third kappa shape index (κ3) is 1.12. The van der Waals surface area contributed by atoms with E-state index in [1.807, 2.05) is 0 Å². The van der Waals surface area contributed by atoms with Crippen molar-refractivity contribution in [3.63, 3.8) is 0 Å². The second-order valence-corrected chi connectivity index (χ2v) is 4.56. The molecule has 0 amide bonds. The number of carbonyl (C=O) groups excluding carboxylic acids is 1. The zero-order chi connectivity index (χ0) is 13.9. The van der Waals surface area contributed by atoms with E-state index in [0.717, 1.165) is 4.68 Å². The van der Waals surface area contributed by atoms with Gasteiger partial charge in [-0.15, -0.1) is 15.3 Å². The molecule has 9 heteroatoms. The van der Waals surface area contributed by atoms with Crippen LogP contribution in [0.5, 0.6) is 0 Å². The van der Waals surface area contributed by atoms with Crippen LogP contribution < -0.4 is 11.1 Å². The number of nitrogens with zero attached hydrogens (tertiary/aromatic N) is 4. The summed E-state index contributed by atoms with van der Waals surface area (Å²) >= 11 is 0. The van der Waals surface area contributed by atoms with Gasteiger partial charge in [-0.2, -0.15) is 4.68 Å². The molecule has 20 heavy (non-hydrogen) atoms. The highest BCUT2D eigenvalue weighted by Crippen LogP contribution is 2.42. The highest BCUT2D eigenvalue weighted by Gasteiger charge is 2.56. The van der Waals surface area contributed by atoms with Crippen molar-refractivity contribution in [2.75, 3.05) is 5.43 Å². The van der Waals surface area contributed by atoms with Gasteiger partial charge in [-0.3, -0.25) is 10.2 Å². The van der Waals surface area contributed by atoms with Gasteiger partial charge in [0.2, 0.25) is 5.78 Å². The van der Waals surface area contributed by atoms with E-state index < -0.39 is 23.2 Å². The number of H-pyrrole nitrogens is 1. The number of nitrogens with one attached hydrogen (secondary N) is 2. The van der Waals surface area contributed by atoms with Crippen LogP contribution in [-0.2, 0) is 0 Å². The number of hydrogen-bond acceptors (Lipinski definition) is 7. The Morgan fingerprint density at radius 1 is 1.30 bits per heavy atom. The fourth-order valence-electron chi connectivity index (χ4n) is 2.48. The summed E-state index contributed by atoms with van der Waals surface area (Å²) in [6.45, 7) is 0. The van der Waals surface area contributed by atoms with E-state index in [1.165, 1.54) is 0 Å². The van der Waals surface area contributed by atoms with Crippen LogP contribution in [0.15, 0.2) is 39.3 Å². The molecule has 0 saturated carbocycles. The number of ketones is 1. The number of rotatable bonds is 0. The van der Waals surface area contributed by atoms with Crippen molar-refractivity contribution in [1.82, 2.24) is 14.9 Å². The average Bonchev–Trinajstić information content (AvgIpc) is 2.94. The number of azo groups is 1. The standard InChI is InChI=1S/C11H8N6O3/c18-7-5-3-1-2-4-6(5)8(19)11(7)15-13-9-12-14-10(20)17(9)16-11/h1-4,7,16,18H,(H,14,20). The van der Waals surface area contributed by atoms with Crippen LogP contribution in [0, 0.1) is 0 Å². The van der Waals surface area contributed by atoms with Gasteiger partial charge in [-0.25, -0.2) is 9.89 Å². The molecule has 0 bridgehead atoms. The van der Waals surface area contributed by atoms with Gasteiger partial charge in [0.25, 0.3) is 11.6 Å². The summed E-state index contributed by atoms with van der Waals surface area (Å²) in [6.07, 6.45) is -1.23. The molecule has 100 valence electrons. The van der Waals surface area contributed by atoms with Crippen LogP contribution in [0.1, 0.15) is 22.0 Å². The summed E-state index contributed by atoms with van der Waals surface area (Å²) in [6, 6.07) is 6.64. The van der Waals surface area contributed by atoms with Crippen LogP contribution in [0.2, 0.25) is 0 Å². The summed E-state index contributed by atoms with van der Waals surface area (Å²) in [4.78, 5) is 24.1. The van der Waals surface area contributed by atoms with Gasteiger partial charge in [0.05, 0.1) is 0 Å². The third-order valence-electron chi connectivity index (χ3n) is 3.48. The first-order valence-electron chi connectivity index (χ1n) is 5.84. The molecule has 4 rings (SSSR count). The lowest BCUT2D eigenvalue weighted by Gasteiger charge is -2.29. The van der Waals surface area contributed by atoms with Crippen LogP contribution in [0.25, 0.3) is 0 Å². The van der Waals surface area contributed by atoms with Crippen molar-refractivity contribution in [3.8, 4) is 0 Å². The normalized spacial score (nSPS) is 26.4. The number of carbonyl (C=O) groups is 1. The molecule has 2 aliphatic rings. The van der Waals surface area contributed by atoms with Crippen molar-refractivity contribution in [2.24, 2.45) is 10.2 Å². The second-order valence-electron chi connectivity index (χ2n) is 4.56. The van der Waals surface area contributed by atoms with Crippen molar-refractivity contribution < 1.29 is 9.90 Å². The van der Waals surface area contributed by atoms with E-state index in [4.69, 9.17) is 0 Å². The molecule has 1 aromatic heterocycles. The van der Waals surface area contributed by atoms with Crippen molar-refractivity contribution in [2.45, 2.75) is 11.8 Å². The molecule has 0 fully saturated rings. The smallest absolute Gasteiger partial charge is 0.363 e. The number of fused-ring (bicyclic) bond motifs is 2. The number of aliphatic hydroxyl groups excluding tert-OH is 1. The summed E-state index contributed by atoms with van der Waals surface area (Å²) in [5.41, 5.74) is 1.11. The maximum Gasteiger partial charge on any atom is 0.363 e. The molecule has 3 N–H and O–H groups in total. The van der Waals surface area contributed by atoms with Crippen LogP contribution in [0.4, 0.5) is 5.95 Å². The summed E-state index contributed by atoms with van der Waals surface area (Å²) < 4.78 is 0.958. The second kappa shape index (κ2) is 3.39. The van der Waals surface area contributed by atoms with E-state index in [-0.39, 0.29) is 5.95 Å². The highest BCUT2D eigenvalue weighted by atomic mass is 16.3. The van der Waals surface area contributed by atoms with Gasteiger partial charge in [-0.1, -0.05) is 24.3 Å². The van der Waals surface area contributed by atoms with E-state index in [1.54, 1.807) is 24.3 Å². The molecule has 0 saturated heterocycles. The number of aliphatic hydroxyl groups is 1. The Labute approximate surface area is 110 Å². The molecule has 2 unspecified atom stereocenters.